The van der Waals surface area contributed by atoms with Gasteiger partial charge in [0.15, 0.2) is 0 Å². The molecule has 1 aliphatic rings. The van der Waals surface area contributed by atoms with Gasteiger partial charge >= 0.3 is 0 Å². The molecule has 0 amide bonds. The van der Waals surface area contributed by atoms with Crippen LogP contribution in [0.15, 0.2) is 18.2 Å². The summed E-state index contributed by atoms with van der Waals surface area (Å²) in [6, 6.07) is 5.13. The van der Waals surface area contributed by atoms with E-state index < -0.39 is 0 Å². The van der Waals surface area contributed by atoms with Gasteiger partial charge in [0.25, 0.3) is 0 Å². The molecular formula is C17H24BF. The van der Waals surface area contributed by atoms with E-state index in [1.165, 1.54) is 25.3 Å². The summed E-state index contributed by atoms with van der Waals surface area (Å²) in [5.41, 5.74) is 1.77. The molecule has 2 heteroatoms. The minimum absolute atomic E-state index is 0.100. The van der Waals surface area contributed by atoms with Gasteiger partial charge in [-0.05, 0) is 48.8 Å². The molecule has 102 valence electrons. The fourth-order valence-corrected chi connectivity index (χ4v) is 4.23. The SMILES string of the molecule is [B]c1cc(F)cc(C2(CCC)C(C)CCCC2C)c1. The third kappa shape index (κ3) is 2.59. The van der Waals surface area contributed by atoms with Crippen molar-refractivity contribution in [3.05, 3.63) is 29.6 Å². The smallest absolute Gasteiger partial charge is 0.122 e. The van der Waals surface area contributed by atoms with E-state index in [4.69, 9.17) is 7.85 Å². The summed E-state index contributed by atoms with van der Waals surface area (Å²) in [6.07, 6.45) is 6.02. The molecule has 0 aliphatic heterocycles. The second-order valence-electron chi connectivity index (χ2n) is 6.30. The van der Waals surface area contributed by atoms with E-state index >= 15 is 0 Å². The molecule has 1 aromatic rings. The minimum atomic E-state index is -0.199. The second kappa shape index (κ2) is 5.69. The van der Waals surface area contributed by atoms with E-state index in [9.17, 15) is 4.39 Å². The highest BCUT2D eigenvalue weighted by Gasteiger charge is 2.44. The maximum atomic E-state index is 13.8. The molecule has 2 unspecified atom stereocenters. The van der Waals surface area contributed by atoms with Gasteiger partial charge in [-0.25, -0.2) is 4.39 Å². The average Bonchev–Trinajstić information content (AvgIpc) is 2.33. The summed E-state index contributed by atoms with van der Waals surface area (Å²) in [5, 5.41) is 0. The number of rotatable bonds is 3. The first-order valence-corrected chi connectivity index (χ1v) is 7.57. The Morgan fingerprint density at radius 3 is 2.37 bits per heavy atom. The van der Waals surface area contributed by atoms with Crippen molar-refractivity contribution >= 4 is 13.3 Å². The Balaban J connectivity index is 2.53. The first-order valence-electron chi connectivity index (χ1n) is 7.57. The molecule has 0 N–H and O–H groups in total. The van der Waals surface area contributed by atoms with Crippen LogP contribution in [0.25, 0.3) is 0 Å². The standard InChI is InChI=1S/C17H24BF/c1-4-8-17(12(2)6-5-7-13(17)3)14-9-15(18)11-16(19)10-14/h9-13H,4-8H2,1-3H3. The Hall–Kier alpha value is -0.785. The molecular weight excluding hydrogens is 234 g/mol. The van der Waals surface area contributed by atoms with E-state index in [-0.39, 0.29) is 11.2 Å². The highest BCUT2D eigenvalue weighted by molar-refractivity contribution is 6.32. The lowest BCUT2D eigenvalue weighted by atomic mass is 9.56. The largest absolute Gasteiger partial charge is 0.207 e. The van der Waals surface area contributed by atoms with Gasteiger partial charge in [-0.2, -0.15) is 0 Å². The molecule has 0 nitrogen and oxygen atoms in total. The summed E-state index contributed by atoms with van der Waals surface area (Å²) >= 11 is 0. The number of hydrogen-bond donors (Lipinski definition) is 0. The second-order valence-corrected chi connectivity index (χ2v) is 6.30. The molecule has 1 fully saturated rings. The maximum absolute atomic E-state index is 13.8. The van der Waals surface area contributed by atoms with Crippen molar-refractivity contribution in [3.63, 3.8) is 0 Å². The van der Waals surface area contributed by atoms with Crippen molar-refractivity contribution < 1.29 is 4.39 Å². The van der Waals surface area contributed by atoms with Gasteiger partial charge in [-0.1, -0.05) is 45.1 Å². The summed E-state index contributed by atoms with van der Waals surface area (Å²) in [7, 11) is 5.87. The highest BCUT2D eigenvalue weighted by Crippen LogP contribution is 2.50. The van der Waals surface area contributed by atoms with Gasteiger partial charge < -0.3 is 0 Å². The van der Waals surface area contributed by atoms with E-state index in [0.29, 0.717) is 17.3 Å². The zero-order chi connectivity index (χ0) is 14.0. The Bertz CT molecular complexity index is 411. The molecule has 2 rings (SSSR count). The zero-order valence-corrected chi connectivity index (χ0v) is 12.4. The van der Waals surface area contributed by atoms with Crippen LogP contribution in [-0.2, 0) is 5.41 Å². The summed E-state index contributed by atoms with van der Waals surface area (Å²) in [5.74, 6) is 0.991. The van der Waals surface area contributed by atoms with Crippen LogP contribution in [0.4, 0.5) is 4.39 Å². The molecule has 0 saturated heterocycles. The van der Waals surface area contributed by atoms with Crippen LogP contribution in [0, 0.1) is 17.7 Å². The maximum Gasteiger partial charge on any atom is 0.122 e. The Morgan fingerprint density at radius 1 is 1.21 bits per heavy atom. The van der Waals surface area contributed by atoms with Crippen LogP contribution in [0.3, 0.4) is 0 Å². The lowest BCUT2D eigenvalue weighted by molar-refractivity contribution is 0.115. The van der Waals surface area contributed by atoms with E-state index in [1.807, 2.05) is 6.07 Å². The number of hydrogen-bond acceptors (Lipinski definition) is 0. The van der Waals surface area contributed by atoms with E-state index in [2.05, 4.69) is 20.8 Å². The molecule has 0 aromatic heterocycles. The van der Waals surface area contributed by atoms with Gasteiger partial charge in [-0.15, -0.1) is 0 Å². The number of benzene rings is 1. The van der Waals surface area contributed by atoms with Crippen LogP contribution in [-0.4, -0.2) is 7.85 Å². The van der Waals surface area contributed by atoms with Crippen molar-refractivity contribution in [3.8, 4) is 0 Å². The Kier molecular flexibility index (Phi) is 4.38. The van der Waals surface area contributed by atoms with Crippen molar-refractivity contribution in [1.29, 1.82) is 0 Å². The van der Waals surface area contributed by atoms with Crippen LogP contribution in [0.5, 0.6) is 0 Å². The Labute approximate surface area is 118 Å². The zero-order valence-electron chi connectivity index (χ0n) is 12.4. The van der Waals surface area contributed by atoms with Gasteiger partial charge in [0.1, 0.15) is 13.7 Å². The van der Waals surface area contributed by atoms with Gasteiger partial charge in [0, 0.05) is 5.41 Å². The fraction of sp³-hybridized carbons (Fsp3) is 0.647. The lowest BCUT2D eigenvalue weighted by Crippen LogP contribution is -2.43. The lowest BCUT2D eigenvalue weighted by Gasteiger charge is -2.48. The predicted octanol–water partition coefficient (Wildman–Crippen LogP) is 4.11. The summed E-state index contributed by atoms with van der Waals surface area (Å²) < 4.78 is 13.8. The summed E-state index contributed by atoms with van der Waals surface area (Å²) in [4.78, 5) is 0. The topological polar surface area (TPSA) is 0 Å². The fourth-order valence-electron chi connectivity index (χ4n) is 4.23. The van der Waals surface area contributed by atoms with Gasteiger partial charge in [0.2, 0.25) is 0 Å². The van der Waals surface area contributed by atoms with E-state index in [0.717, 1.165) is 18.4 Å². The molecule has 1 aliphatic carbocycles. The van der Waals surface area contributed by atoms with Crippen LogP contribution >= 0.6 is 0 Å². The molecule has 1 saturated carbocycles. The molecule has 19 heavy (non-hydrogen) atoms. The average molecular weight is 258 g/mol. The van der Waals surface area contributed by atoms with Gasteiger partial charge in [0.05, 0.1) is 0 Å². The molecule has 2 atom stereocenters. The van der Waals surface area contributed by atoms with Crippen LogP contribution < -0.4 is 5.46 Å². The van der Waals surface area contributed by atoms with Crippen molar-refractivity contribution in [2.75, 3.05) is 0 Å². The first-order chi connectivity index (χ1) is 9.00. The number of halogens is 1. The van der Waals surface area contributed by atoms with Crippen molar-refractivity contribution in [1.82, 2.24) is 0 Å². The molecule has 0 bridgehead atoms. The molecule has 0 spiro atoms. The summed E-state index contributed by atoms with van der Waals surface area (Å²) in [6.45, 7) is 6.87. The molecule has 2 radical (unpaired) electrons. The van der Waals surface area contributed by atoms with E-state index in [1.54, 1.807) is 6.07 Å². The third-order valence-electron chi connectivity index (χ3n) is 5.15. The normalized spacial score (nSPS) is 31.4. The van der Waals surface area contributed by atoms with Crippen LogP contribution in [0.2, 0.25) is 0 Å². The molecule has 1 aromatic carbocycles. The predicted molar refractivity (Wildman–Crippen MR) is 80.6 cm³/mol. The Morgan fingerprint density at radius 2 is 1.84 bits per heavy atom. The minimum Gasteiger partial charge on any atom is -0.207 e. The van der Waals surface area contributed by atoms with Crippen LogP contribution in [0.1, 0.15) is 58.4 Å². The van der Waals surface area contributed by atoms with Gasteiger partial charge in [-0.3, -0.25) is 0 Å². The molecule has 0 heterocycles. The highest BCUT2D eigenvalue weighted by atomic mass is 19.1. The quantitative estimate of drug-likeness (QED) is 0.715. The van der Waals surface area contributed by atoms with Crippen molar-refractivity contribution in [2.24, 2.45) is 11.8 Å². The third-order valence-corrected chi connectivity index (χ3v) is 5.15. The first kappa shape index (κ1) is 14.6. The monoisotopic (exact) mass is 258 g/mol. The van der Waals surface area contributed by atoms with Crippen molar-refractivity contribution in [2.45, 2.75) is 58.3 Å².